The fraction of sp³-hybridized carbons (Fsp3) is 0.514. The van der Waals surface area contributed by atoms with E-state index in [-0.39, 0.29) is 0 Å². The molecule has 3 rings (SSSR count). The van der Waals surface area contributed by atoms with Crippen molar-refractivity contribution >= 4 is 23.5 Å². The highest BCUT2D eigenvalue weighted by atomic mass is 32.2. The lowest BCUT2D eigenvalue weighted by Crippen LogP contribution is -2.03. The molecule has 0 atom stereocenters. The van der Waals surface area contributed by atoms with Gasteiger partial charge >= 0.3 is 0 Å². The van der Waals surface area contributed by atoms with Gasteiger partial charge in [0.1, 0.15) is 10.1 Å². The molecule has 1 nitrogen and oxygen atoms in total. The van der Waals surface area contributed by atoms with Crippen LogP contribution in [0, 0.1) is 0 Å². The van der Waals surface area contributed by atoms with Crippen LogP contribution in [0.3, 0.4) is 0 Å². The topological polar surface area (TPSA) is 12.9 Å². The standard InChI is InChI=1S/C35H49NS2/c1-20(2)26-16-28(22(5)6)34(29(17-26)23(7)8)37-32-14-13-15-33(36-32)38-35-30(24(9)10)18-27(21(3)4)19-31(35)25(11)12/h13-25H,1-12H3. The molecule has 0 unspecified atom stereocenters. The molecule has 0 radical (unpaired) electrons. The van der Waals surface area contributed by atoms with Crippen molar-refractivity contribution in [2.45, 2.75) is 138 Å². The van der Waals surface area contributed by atoms with E-state index in [1.807, 2.05) is 23.5 Å². The molecule has 3 heteroatoms. The number of nitrogens with zero attached hydrogens (tertiary/aromatic N) is 1. The van der Waals surface area contributed by atoms with Crippen LogP contribution in [0.4, 0.5) is 0 Å². The molecule has 1 aromatic heterocycles. The average Bonchev–Trinajstić information content (AvgIpc) is 2.83. The Hall–Kier alpha value is -1.71. The van der Waals surface area contributed by atoms with Crippen molar-refractivity contribution in [1.82, 2.24) is 4.98 Å². The summed E-state index contributed by atoms with van der Waals surface area (Å²) in [5, 5.41) is 2.15. The largest absolute Gasteiger partial charge is 0.234 e. The first-order valence-electron chi connectivity index (χ1n) is 14.5. The van der Waals surface area contributed by atoms with Gasteiger partial charge < -0.3 is 0 Å². The zero-order valence-electron chi connectivity index (χ0n) is 25.8. The molecule has 0 N–H and O–H groups in total. The van der Waals surface area contributed by atoms with Gasteiger partial charge in [0.15, 0.2) is 0 Å². The van der Waals surface area contributed by atoms with Crippen LogP contribution in [0.1, 0.15) is 152 Å². The molecule has 38 heavy (non-hydrogen) atoms. The predicted molar refractivity (Wildman–Crippen MR) is 170 cm³/mol. The molecular weight excluding hydrogens is 499 g/mol. The molecule has 0 saturated carbocycles. The number of hydrogen-bond acceptors (Lipinski definition) is 3. The Balaban J connectivity index is 2.07. The SMILES string of the molecule is CC(C)c1cc(C(C)C)c(Sc2cccc(Sc3c(C(C)C)cc(C(C)C)cc3C(C)C)n2)c(C(C)C)c1. The molecule has 2 aromatic carbocycles. The van der Waals surface area contributed by atoms with Crippen molar-refractivity contribution < 1.29 is 0 Å². The highest BCUT2D eigenvalue weighted by molar-refractivity contribution is 8.00. The Bertz CT molecular complexity index is 1080. The highest BCUT2D eigenvalue weighted by Gasteiger charge is 2.21. The second-order valence-corrected chi connectivity index (χ2v) is 14.6. The number of aromatic nitrogens is 1. The molecular formula is C35H49NS2. The van der Waals surface area contributed by atoms with Crippen LogP contribution >= 0.6 is 23.5 Å². The molecule has 0 aliphatic rings. The highest BCUT2D eigenvalue weighted by Crippen LogP contribution is 2.44. The number of hydrogen-bond donors (Lipinski definition) is 0. The van der Waals surface area contributed by atoms with Crippen LogP contribution in [-0.2, 0) is 0 Å². The lowest BCUT2D eigenvalue weighted by Gasteiger charge is -2.23. The van der Waals surface area contributed by atoms with E-state index in [4.69, 9.17) is 4.98 Å². The Kier molecular flexibility index (Phi) is 10.6. The third-order valence-electron chi connectivity index (χ3n) is 7.27. The Morgan fingerprint density at radius 1 is 0.447 bits per heavy atom. The first-order chi connectivity index (χ1) is 17.8. The van der Waals surface area contributed by atoms with Crippen LogP contribution in [0.2, 0.25) is 0 Å². The minimum Gasteiger partial charge on any atom is -0.234 e. The first kappa shape index (κ1) is 30.8. The van der Waals surface area contributed by atoms with Crippen molar-refractivity contribution in [2.75, 3.05) is 0 Å². The summed E-state index contributed by atoms with van der Waals surface area (Å²) in [7, 11) is 0. The third-order valence-corrected chi connectivity index (χ3v) is 9.49. The summed E-state index contributed by atoms with van der Waals surface area (Å²) in [6.45, 7) is 27.7. The van der Waals surface area contributed by atoms with Gasteiger partial charge in [0, 0.05) is 9.79 Å². The molecule has 0 fully saturated rings. The maximum absolute atomic E-state index is 5.21. The fourth-order valence-electron chi connectivity index (χ4n) is 4.73. The van der Waals surface area contributed by atoms with Gasteiger partial charge in [-0.25, -0.2) is 4.98 Å². The van der Waals surface area contributed by atoms with Crippen LogP contribution in [0.5, 0.6) is 0 Å². The summed E-state index contributed by atoms with van der Waals surface area (Å²) in [6, 6.07) is 16.3. The molecule has 0 spiro atoms. The first-order valence-corrected chi connectivity index (χ1v) is 16.1. The van der Waals surface area contributed by atoms with E-state index in [1.54, 1.807) is 0 Å². The van der Waals surface area contributed by atoms with Gasteiger partial charge in [-0.1, -0.05) is 137 Å². The second kappa shape index (κ2) is 13.1. The van der Waals surface area contributed by atoms with Gasteiger partial charge in [-0.05, 0) is 81.0 Å². The van der Waals surface area contributed by atoms with Crippen LogP contribution in [-0.4, -0.2) is 4.98 Å². The Morgan fingerprint density at radius 3 is 0.974 bits per heavy atom. The molecule has 0 saturated heterocycles. The summed E-state index contributed by atoms with van der Waals surface area (Å²) in [6.07, 6.45) is 0. The van der Waals surface area contributed by atoms with E-state index in [9.17, 15) is 0 Å². The summed E-state index contributed by atoms with van der Waals surface area (Å²) in [5.74, 6) is 2.91. The van der Waals surface area contributed by atoms with Crippen molar-refractivity contribution in [3.8, 4) is 0 Å². The normalized spacial score (nSPS) is 12.3. The van der Waals surface area contributed by atoms with E-state index < -0.39 is 0 Å². The van der Waals surface area contributed by atoms with Crippen molar-refractivity contribution in [1.29, 1.82) is 0 Å². The molecule has 0 amide bonds. The minimum atomic E-state index is 0.466. The van der Waals surface area contributed by atoms with Crippen LogP contribution in [0.25, 0.3) is 0 Å². The fourth-order valence-corrected chi connectivity index (χ4v) is 7.44. The van der Waals surface area contributed by atoms with Gasteiger partial charge in [0.05, 0.1) is 0 Å². The van der Waals surface area contributed by atoms with E-state index in [0.717, 1.165) is 10.1 Å². The Morgan fingerprint density at radius 2 is 0.737 bits per heavy atom. The minimum absolute atomic E-state index is 0.466. The zero-order valence-corrected chi connectivity index (χ0v) is 27.4. The zero-order chi connectivity index (χ0) is 28.3. The van der Waals surface area contributed by atoms with Gasteiger partial charge in [0.2, 0.25) is 0 Å². The quantitative estimate of drug-likeness (QED) is 0.250. The molecule has 0 aliphatic carbocycles. The molecule has 3 aromatic rings. The summed E-state index contributed by atoms with van der Waals surface area (Å²) in [5.41, 5.74) is 8.64. The van der Waals surface area contributed by atoms with Gasteiger partial charge in [-0.2, -0.15) is 0 Å². The number of rotatable bonds is 10. The predicted octanol–water partition coefficient (Wildman–Crippen LogP) is 12.1. The van der Waals surface area contributed by atoms with E-state index >= 15 is 0 Å². The Labute approximate surface area is 242 Å². The van der Waals surface area contributed by atoms with E-state index in [2.05, 4.69) is 126 Å². The third kappa shape index (κ3) is 7.27. The van der Waals surface area contributed by atoms with Gasteiger partial charge in [-0.15, -0.1) is 0 Å². The van der Waals surface area contributed by atoms with Gasteiger partial charge in [0.25, 0.3) is 0 Å². The van der Waals surface area contributed by atoms with Crippen molar-refractivity contribution in [2.24, 2.45) is 0 Å². The second-order valence-electron chi connectivity index (χ2n) is 12.5. The number of pyridine rings is 1. The van der Waals surface area contributed by atoms with Crippen LogP contribution < -0.4 is 0 Å². The lowest BCUT2D eigenvalue weighted by atomic mass is 9.89. The van der Waals surface area contributed by atoms with Gasteiger partial charge in [-0.3, -0.25) is 0 Å². The van der Waals surface area contributed by atoms with Crippen molar-refractivity contribution in [3.05, 3.63) is 75.8 Å². The molecule has 206 valence electrons. The summed E-state index contributed by atoms with van der Waals surface area (Å²) in [4.78, 5) is 7.99. The van der Waals surface area contributed by atoms with Crippen molar-refractivity contribution in [3.63, 3.8) is 0 Å². The molecule has 1 heterocycles. The smallest absolute Gasteiger partial charge is 0.102 e. The summed E-state index contributed by atoms with van der Waals surface area (Å²) < 4.78 is 0. The lowest BCUT2D eigenvalue weighted by molar-refractivity contribution is 0.770. The average molecular weight is 548 g/mol. The van der Waals surface area contributed by atoms with E-state index in [0.29, 0.717) is 35.5 Å². The van der Waals surface area contributed by atoms with Crippen LogP contribution in [0.15, 0.2) is 62.3 Å². The number of benzene rings is 2. The monoisotopic (exact) mass is 547 g/mol. The summed E-state index contributed by atoms with van der Waals surface area (Å²) >= 11 is 3.69. The maximum atomic E-state index is 5.21. The molecule has 0 aliphatic heterocycles. The maximum Gasteiger partial charge on any atom is 0.102 e. The molecule has 0 bridgehead atoms. The van der Waals surface area contributed by atoms with E-state index in [1.165, 1.54) is 43.2 Å².